The van der Waals surface area contributed by atoms with Crippen molar-refractivity contribution >= 4 is 11.6 Å². The highest BCUT2D eigenvalue weighted by molar-refractivity contribution is 6.30. The van der Waals surface area contributed by atoms with Crippen LogP contribution in [0.1, 0.15) is 11.3 Å². The van der Waals surface area contributed by atoms with Crippen LogP contribution in [-0.2, 0) is 13.5 Å². The number of aromatic nitrogens is 2. The maximum atomic E-state index is 5.81. The highest BCUT2D eigenvalue weighted by atomic mass is 35.5. The van der Waals surface area contributed by atoms with E-state index in [2.05, 4.69) is 4.98 Å². The number of hydrogen-bond acceptors (Lipinski definition) is 1. The summed E-state index contributed by atoms with van der Waals surface area (Å²) in [5.41, 5.74) is 2.45. The number of benzene rings is 1. The molecule has 1 heterocycles. The fourth-order valence-corrected chi connectivity index (χ4v) is 1.49. The van der Waals surface area contributed by atoms with E-state index in [0.717, 1.165) is 11.4 Å². The zero-order valence-electron chi connectivity index (χ0n) is 7.94. The van der Waals surface area contributed by atoms with Gasteiger partial charge in [0.1, 0.15) is 0 Å². The van der Waals surface area contributed by atoms with E-state index in [9.17, 15) is 0 Å². The molecule has 3 heteroatoms. The normalized spacial score (nSPS) is 10.4. The monoisotopic (exact) mass is 206 g/mol. The molecule has 1 aromatic carbocycles. The van der Waals surface area contributed by atoms with Crippen LogP contribution >= 0.6 is 11.6 Å². The lowest BCUT2D eigenvalue weighted by Crippen LogP contribution is -1.95. The molecule has 0 aliphatic carbocycles. The van der Waals surface area contributed by atoms with E-state index in [1.807, 2.05) is 48.4 Å². The molecule has 0 aliphatic rings. The lowest BCUT2D eigenvalue weighted by atomic mass is 10.1. The molecule has 0 saturated carbocycles. The fraction of sp³-hybridized carbons (Fsp3) is 0.182. The van der Waals surface area contributed by atoms with Crippen molar-refractivity contribution in [1.29, 1.82) is 0 Å². The molecule has 2 rings (SSSR count). The van der Waals surface area contributed by atoms with Crippen LogP contribution in [0, 0.1) is 0 Å². The van der Waals surface area contributed by atoms with Gasteiger partial charge in [0.15, 0.2) is 0 Å². The van der Waals surface area contributed by atoms with E-state index < -0.39 is 0 Å². The van der Waals surface area contributed by atoms with Crippen LogP contribution in [0.3, 0.4) is 0 Å². The van der Waals surface area contributed by atoms with Crippen molar-refractivity contribution in [3.05, 3.63) is 53.1 Å². The Morgan fingerprint density at radius 1 is 1.29 bits per heavy atom. The van der Waals surface area contributed by atoms with Gasteiger partial charge in [0.05, 0.1) is 6.33 Å². The summed E-state index contributed by atoms with van der Waals surface area (Å²) in [4.78, 5) is 4.07. The minimum Gasteiger partial charge on any atom is -0.337 e. The van der Waals surface area contributed by atoms with Crippen molar-refractivity contribution < 1.29 is 0 Å². The first-order valence-electron chi connectivity index (χ1n) is 4.45. The van der Waals surface area contributed by atoms with Gasteiger partial charge < -0.3 is 4.57 Å². The second-order valence-corrected chi connectivity index (χ2v) is 3.74. The molecule has 0 spiro atoms. The van der Waals surface area contributed by atoms with E-state index in [0.29, 0.717) is 0 Å². The molecule has 1 aromatic heterocycles. The van der Waals surface area contributed by atoms with Gasteiger partial charge in [0.2, 0.25) is 0 Å². The standard InChI is InChI=1S/C11H11ClN2/c1-14-8-13-7-11(14)6-9-2-4-10(12)5-3-9/h2-5,7-8H,6H2,1H3. The van der Waals surface area contributed by atoms with Crippen molar-refractivity contribution in [1.82, 2.24) is 9.55 Å². The maximum Gasteiger partial charge on any atom is 0.0945 e. The molecule has 0 amide bonds. The molecular weight excluding hydrogens is 196 g/mol. The first kappa shape index (κ1) is 9.28. The SMILES string of the molecule is Cn1cncc1Cc1ccc(Cl)cc1. The zero-order valence-corrected chi connectivity index (χ0v) is 8.70. The number of hydrogen-bond donors (Lipinski definition) is 0. The van der Waals surface area contributed by atoms with Gasteiger partial charge in [-0.25, -0.2) is 4.98 Å². The maximum absolute atomic E-state index is 5.81. The Bertz CT molecular complexity index is 417. The molecule has 0 saturated heterocycles. The van der Waals surface area contributed by atoms with E-state index in [-0.39, 0.29) is 0 Å². The summed E-state index contributed by atoms with van der Waals surface area (Å²) < 4.78 is 2.02. The van der Waals surface area contributed by atoms with Crippen molar-refractivity contribution in [2.24, 2.45) is 7.05 Å². The lowest BCUT2D eigenvalue weighted by Gasteiger charge is -2.02. The van der Waals surface area contributed by atoms with E-state index >= 15 is 0 Å². The third kappa shape index (κ3) is 1.96. The van der Waals surface area contributed by atoms with Crippen LogP contribution in [0.2, 0.25) is 5.02 Å². The van der Waals surface area contributed by atoms with Crippen LogP contribution in [0.15, 0.2) is 36.8 Å². The van der Waals surface area contributed by atoms with E-state index in [1.54, 1.807) is 0 Å². The minimum absolute atomic E-state index is 0.777. The Hall–Kier alpha value is -1.28. The van der Waals surface area contributed by atoms with Gasteiger partial charge in [-0.15, -0.1) is 0 Å². The molecule has 0 bridgehead atoms. The lowest BCUT2D eigenvalue weighted by molar-refractivity contribution is 0.845. The largest absolute Gasteiger partial charge is 0.337 e. The molecule has 2 aromatic rings. The van der Waals surface area contributed by atoms with Crippen LogP contribution in [0.25, 0.3) is 0 Å². The van der Waals surface area contributed by atoms with Crippen LogP contribution in [0.5, 0.6) is 0 Å². The van der Waals surface area contributed by atoms with Crippen molar-refractivity contribution in [2.75, 3.05) is 0 Å². The Morgan fingerprint density at radius 3 is 2.57 bits per heavy atom. The van der Waals surface area contributed by atoms with E-state index in [1.165, 1.54) is 11.3 Å². The first-order chi connectivity index (χ1) is 6.75. The zero-order chi connectivity index (χ0) is 9.97. The summed E-state index contributed by atoms with van der Waals surface area (Å²) in [6.45, 7) is 0. The Labute approximate surface area is 88.2 Å². The third-order valence-corrected chi connectivity index (χ3v) is 2.47. The second kappa shape index (κ2) is 3.84. The predicted octanol–water partition coefficient (Wildman–Crippen LogP) is 2.66. The molecule has 72 valence electrons. The average Bonchev–Trinajstić information content (AvgIpc) is 2.56. The number of halogens is 1. The highest BCUT2D eigenvalue weighted by Crippen LogP contribution is 2.12. The highest BCUT2D eigenvalue weighted by Gasteiger charge is 1.99. The second-order valence-electron chi connectivity index (χ2n) is 3.30. The number of nitrogens with zero attached hydrogens (tertiary/aromatic N) is 2. The summed E-state index contributed by atoms with van der Waals surface area (Å²) in [6.07, 6.45) is 4.59. The molecular formula is C11H11ClN2. The molecule has 0 N–H and O–H groups in total. The summed E-state index contributed by atoms with van der Waals surface area (Å²) >= 11 is 5.81. The number of imidazole rings is 1. The first-order valence-corrected chi connectivity index (χ1v) is 4.83. The summed E-state index contributed by atoms with van der Waals surface area (Å²) in [5.74, 6) is 0. The molecule has 0 atom stereocenters. The van der Waals surface area contributed by atoms with Gasteiger partial charge in [0.25, 0.3) is 0 Å². The van der Waals surface area contributed by atoms with Gasteiger partial charge in [-0.3, -0.25) is 0 Å². The van der Waals surface area contributed by atoms with Crippen LogP contribution in [0.4, 0.5) is 0 Å². The Morgan fingerprint density at radius 2 is 2.00 bits per heavy atom. The molecule has 0 radical (unpaired) electrons. The van der Waals surface area contributed by atoms with Crippen LogP contribution in [-0.4, -0.2) is 9.55 Å². The van der Waals surface area contributed by atoms with Crippen LogP contribution < -0.4 is 0 Å². The Kier molecular flexibility index (Phi) is 2.55. The Balaban J connectivity index is 2.19. The van der Waals surface area contributed by atoms with Gasteiger partial charge >= 0.3 is 0 Å². The third-order valence-electron chi connectivity index (χ3n) is 2.21. The summed E-state index contributed by atoms with van der Waals surface area (Å²) in [7, 11) is 2.00. The van der Waals surface area contributed by atoms with Gasteiger partial charge in [-0.2, -0.15) is 0 Å². The summed E-state index contributed by atoms with van der Waals surface area (Å²) in [6, 6.07) is 7.89. The molecule has 0 aliphatic heterocycles. The number of rotatable bonds is 2. The minimum atomic E-state index is 0.777. The predicted molar refractivity (Wildman–Crippen MR) is 57.5 cm³/mol. The smallest absolute Gasteiger partial charge is 0.0945 e. The van der Waals surface area contributed by atoms with Crippen molar-refractivity contribution in [3.63, 3.8) is 0 Å². The summed E-state index contributed by atoms with van der Waals surface area (Å²) in [5, 5.41) is 0.777. The van der Waals surface area contributed by atoms with Crippen molar-refractivity contribution in [3.8, 4) is 0 Å². The molecule has 14 heavy (non-hydrogen) atoms. The van der Waals surface area contributed by atoms with Gasteiger partial charge in [-0.1, -0.05) is 23.7 Å². The molecule has 0 fully saturated rings. The van der Waals surface area contributed by atoms with Gasteiger partial charge in [0, 0.05) is 30.4 Å². The molecule has 2 nitrogen and oxygen atoms in total. The molecule has 0 unspecified atom stereocenters. The quantitative estimate of drug-likeness (QED) is 0.739. The van der Waals surface area contributed by atoms with Gasteiger partial charge in [-0.05, 0) is 17.7 Å². The number of aryl methyl sites for hydroxylation is 1. The topological polar surface area (TPSA) is 17.8 Å². The fourth-order valence-electron chi connectivity index (χ4n) is 1.37. The van der Waals surface area contributed by atoms with Crippen molar-refractivity contribution in [2.45, 2.75) is 6.42 Å². The average molecular weight is 207 g/mol. The van der Waals surface area contributed by atoms with E-state index in [4.69, 9.17) is 11.6 Å².